The first-order valence-corrected chi connectivity index (χ1v) is 10.9. The quantitative estimate of drug-likeness (QED) is 0.595. The van der Waals surface area contributed by atoms with Crippen molar-refractivity contribution in [3.05, 3.63) is 65.2 Å². The molecule has 4 rings (SSSR count). The maximum Gasteiger partial charge on any atom is 0.275 e. The molecule has 0 radical (unpaired) electrons. The monoisotopic (exact) mass is 407 g/mol. The molecule has 29 heavy (non-hydrogen) atoms. The maximum atomic E-state index is 12.8. The zero-order chi connectivity index (χ0) is 20.1. The zero-order valence-corrected chi connectivity index (χ0v) is 17.4. The Bertz CT molecular complexity index is 962. The summed E-state index contributed by atoms with van der Waals surface area (Å²) in [7, 11) is 0. The van der Waals surface area contributed by atoms with Gasteiger partial charge in [-0.25, -0.2) is 4.98 Å². The SMILES string of the molecule is CCOc1ccc(-c2nc(C(=O)Nc3ccccc3CN3CCCC3)cs2)cc1. The number of para-hydroxylation sites is 1. The molecule has 0 atom stereocenters. The summed E-state index contributed by atoms with van der Waals surface area (Å²) in [6.07, 6.45) is 2.50. The van der Waals surface area contributed by atoms with Crippen molar-refractivity contribution in [2.24, 2.45) is 0 Å². The van der Waals surface area contributed by atoms with Gasteiger partial charge in [0.25, 0.3) is 5.91 Å². The van der Waals surface area contributed by atoms with Crippen LogP contribution in [-0.2, 0) is 6.54 Å². The van der Waals surface area contributed by atoms with Gasteiger partial charge in [-0.15, -0.1) is 11.3 Å². The number of anilines is 1. The molecule has 0 unspecified atom stereocenters. The van der Waals surface area contributed by atoms with Crippen LogP contribution in [-0.4, -0.2) is 35.5 Å². The number of amides is 1. The van der Waals surface area contributed by atoms with E-state index in [9.17, 15) is 4.79 Å². The minimum Gasteiger partial charge on any atom is -0.494 e. The highest BCUT2D eigenvalue weighted by Crippen LogP contribution is 2.27. The summed E-state index contributed by atoms with van der Waals surface area (Å²) in [5.41, 5.74) is 3.42. The van der Waals surface area contributed by atoms with Gasteiger partial charge in [-0.05, 0) is 68.8 Å². The van der Waals surface area contributed by atoms with Gasteiger partial charge < -0.3 is 10.1 Å². The van der Waals surface area contributed by atoms with Gasteiger partial charge in [-0.2, -0.15) is 0 Å². The molecule has 0 spiro atoms. The van der Waals surface area contributed by atoms with Gasteiger partial charge in [-0.3, -0.25) is 9.69 Å². The van der Waals surface area contributed by atoms with Crippen LogP contribution in [0.25, 0.3) is 10.6 Å². The number of aromatic nitrogens is 1. The standard InChI is InChI=1S/C23H25N3O2S/c1-2-28-19-11-9-17(10-12-19)23-25-21(16-29-23)22(27)24-20-8-4-3-7-18(20)15-26-13-5-6-14-26/h3-4,7-12,16H,2,5-6,13-15H2,1H3,(H,24,27). The van der Waals surface area contributed by atoms with E-state index < -0.39 is 0 Å². The van der Waals surface area contributed by atoms with Crippen molar-refractivity contribution in [2.45, 2.75) is 26.3 Å². The summed E-state index contributed by atoms with van der Waals surface area (Å²) in [5.74, 6) is 0.660. The lowest BCUT2D eigenvalue weighted by Crippen LogP contribution is -2.20. The number of carbonyl (C=O) groups excluding carboxylic acids is 1. The van der Waals surface area contributed by atoms with Crippen LogP contribution in [0.5, 0.6) is 5.75 Å². The number of hydrogen-bond acceptors (Lipinski definition) is 5. The first kappa shape index (κ1) is 19.6. The summed E-state index contributed by atoms with van der Waals surface area (Å²) in [5, 5.41) is 5.68. The molecule has 1 aromatic heterocycles. The summed E-state index contributed by atoms with van der Waals surface area (Å²) < 4.78 is 5.48. The highest BCUT2D eigenvalue weighted by atomic mass is 32.1. The average molecular weight is 408 g/mol. The fourth-order valence-corrected chi connectivity index (χ4v) is 4.33. The highest BCUT2D eigenvalue weighted by molar-refractivity contribution is 7.13. The molecule has 5 nitrogen and oxygen atoms in total. The van der Waals surface area contributed by atoms with E-state index >= 15 is 0 Å². The van der Waals surface area contributed by atoms with Crippen LogP contribution in [0, 0.1) is 0 Å². The van der Waals surface area contributed by atoms with Gasteiger partial charge in [0.05, 0.1) is 6.61 Å². The number of hydrogen-bond donors (Lipinski definition) is 1. The highest BCUT2D eigenvalue weighted by Gasteiger charge is 2.16. The minimum atomic E-state index is -0.174. The third-order valence-corrected chi connectivity index (χ3v) is 5.90. The first-order valence-electron chi connectivity index (χ1n) is 10.0. The van der Waals surface area contributed by atoms with E-state index in [4.69, 9.17) is 4.74 Å². The van der Waals surface area contributed by atoms with Crippen LogP contribution in [0.15, 0.2) is 53.9 Å². The molecule has 3 aromatic rings. The van der Waals surface area contributed by atoms with Crippen LogP contribution in [0.3, 0.4) is 0 Å². The van der Waals surface area contributed by atoms with Gasteiger partial charge in [0, 0.05) is 23.2 Å². The fourth-order valence-electron chi connectivity index (χ4n) is 3.52. The van der Waals surface area contributed by atoms with Crippen LogP contribution >= 0.6 is 11.3 Å². The van der Waals surface area contributed by atoms with Gasteiger partial charge in [-0.1, -0.05) is 18.2 Å². The van der Waals surface area contributed by atoms with E-state index in [1.165, 1.54) is 24.2 Å². The van der Waals surface area contributed by atoms with E-state index in [1.54, 1.807) is 0 Å². The Labute approximate surface area is 175 Å². The van der Waals surface area contributed by atoms with Crippen molar-refractivity contribution in [1.82, 2.24) is 9.88 Å². The Morgan fingerprint density at radius 3 is 2.66 bits per heavy atom. The van der Waals surface area contributed by atoms with Crippen LogP contribution < -0.4 is 10.1 Å². The lowest BCUT2D eigenvalue weighted by molar-refractivity contribution is 0.102. The Hall–Kier alpha value is -2.70. The Balaban J connectivity index is 1.46. The molecule has 1 fully saturated rings. The minimum absolute atomic E-state index is 0.174. The van der Waals surface area contributed by atoms with Crippen molar-refractivity contribution in [1.29, 1.82) is 0 Å². The Kier molecular flexibility index (Phi) is 6.22. The molecular formula is C23H25N3O2S. The van der Waals surface area contributed by atoms with Crippen LogP contribution in [0.1, 0.15) is 35.8 Å². The summed E-state index contributed by atoms with van der Waals surface area (Å²) in [4.78, 5) is 19.8. The number of rotatable bonds is 7. The van der Waals surface area contributed by atoms with E-state index in [0.717, 1.165) is 47.2 Å². The fraction of sp³-hybridized carbons (Fsp3) is 0.304. The second-order valence-corrected chi connectivity index (χ2v) is 7.95. The molecule has 2 aromatic carbocycles. The summed E-state index contributed by atoms with van der Waals surface area (Å²) in [6.45, 7) is 5.72. The largest absolute Gasteiger partial charge is 0.494 e. The first-order chi connectivity index (χ1) is 14.2. The molecule has 0 bridgehead atoms. The molecule has 1 N–H and O–H groups in total. The van der Waals surface area contributed by atoms with E-state index in [0.29, 0.717) is 12.3 Å². The number of thiazole rings is 1. The number of likely N-dealkylation sites (tertiary alicyclic amines) is 1. The Morgan fingerprint density at radius 1 is 1.14 bits per heavy atom. The Morgan fingerprint density at radius 2 is 1.90 bits per heavy atom. The van der Waals surface area contributed by atoms with Crippen LogP contribution in [0.2, 0.25) is 0 Å². The number of ether oxygens (including phenoxy) is 1. The second kappa shape index (κ2) is 9.20. The predicted molar refractivity (Wildman–Crippen MR) is 118 cm³/mol. The molecule has 1 saturated heterocycles. The van der Waals surface area contributed by atoms with Crippen molar-refractivity contribution in [2.75, 3.05) is 25.0 Å². The lowest BCUT2D eigenvalue weighted by Gasteiger charge is -2.17. The zero-order valence-electron chi connectivity index (χ0n) is 16.6. The molecule has 1 amide bonds. The molecule has 2 heterocycles. The molecule has 150 valence electrons. The molecule has 0 aliphatic carbocycles. The number of nitrogens with zero attached hydrogens (tertiary/aromatic N) is 2. The number of nitrogens with one attached hydrogen (secondary N) is 1. The molecule has 1 aliphatic rings. The topological polar surface area (TPSA) is 54.5 Å². The summed E-state index contributed by atoms with van der Waals surface area (Å²) in [6, 6.07) is 15.8. The lowest BCUT2D eigenvalue weighted by atomic mass is 10.1. The van der Waals surface area contributed by atoms with Crippen molar-refractivity contribution >= 4 is 22.9 Å². The van der Waals surface area contributed by atoms with Gasteiger partial charge in [0.2, 0.25) is 0 Å². The van der Waals surface area contributed by atoms with Crippen molar-refractivity contribution in [3.8, 4) is 16.3 Å². The van der Waals surface area contributed by atoms with Gasteiger partial charge >= 0.3 is 0 Å². The third-order valence-electron chi connectivity index (χ3n) is 5.01. The van der Waals surface area contributed by atoms with Gasteiger partial charge in [0.1, 0.15) is 16.5 Å². The van der Waals surface area contributed by atoms with Gasteiger partial charge in [0.15, 0.2) is 0 Å². The van der Waals surface area contributed by atoms with Crippen molar-refractivity contribution < 1.29 is 9.53 Å². The maximum absolute atomic E-state index is 12.8. The van der Waals surface area contributed by atoms with Crippen LogP contribution in [0.4, 0.5) is 5.69 Å². The number of carbonyl (C=O) groups is 1. The predicted octanol–water partition coefficient (Wildman–Crippen LogP) is 5.06. The average Bonchev–Trinajstić information content (AvgIpc) is 3.43. The normalized spacial score (nSPS) is 14.1. The third kappa shape index (κ3) is 4.83. The van der Waals surface area contributed by atoms with E-state index in [1.807, 2.05) is 54.8 Å². The smallest absolute Gasteiger partial charge is 0.275 e. The second-order valence-electron chi connectivity index (χ2n) is 7.09. The molecule has 1 aliphatic heterocycles. The molecular weight excluding hydrogens is 382 g/mol. The van der Waals surface area contributed by atoms with E-state index in [-0.39, 0.29) is 5.91 Å². The van der Waals surface area contributed by atoms with Crippen molar-refractivity contribution in [3.63, 3.8) is 0 Å². The van der Waals surface area contributed by atoms with E-state index in [2.05, 4.69) is 21.3 Å². The molecule has 6 heteroatoms. The summed E-state index contributed by atoms with van der Waals surface area (Å²) >= 11 is 1.47. The molecule has 0 saturated carbocycles. The number of benzene rings is 2.